The smallest absolute Gasteiger partial charge is 0.383 e. The number of piperazine rings is 1. The first-order valence-electron chi connectivity index (χ1n) is 11.4. The molecule has 192 valence electrons. The fraction of sp³-hybridized carbons (Fsp3) is 0.417. The quantitative estimate of drug-likeness (QED) is 0.513. The molecule has 1 aromatic heterocycles. The van der Waals surface area contributed by atoms with Crippen LogP contribution in [0.25, 0.3) is 22.0 Å². The Morgan fingerprint density at radius 1 is 1.25 bits per heavy atom. The molecule has 1 fully saturated rings. The molecule has 0 saturated carbocycles. The predicted octanol–water partition coefficient (Wildman–Crippen LogP) is 4.28. The number of hydrogen-bond acceptors (Lipinski definition) is 6. The fourth-order valence-electron chi connectivity index (χ4n) is 4.92. The van der Waals surface area contributed by atoms with E-state index in [1.54, 1.807) is 0 Å². The Kier molecular flexibility index (Phi) is 6.46. The highest BCUT2D eigenvalue weighted by Crippen LogP contribution is 2.50. The van der Waals surface area contributed by atoms with Crippen molar-refractivity contribution in [1.29, 1.82) is 0 Å². The van der Waals surface area contributed by atoms with Crippen molar-refractivity contribution < 1.29 is 26.7 Å². The van der Waals surface area contributed by atoms with Gasteiger partial charge in [-0.25, -0.2) is 13.6 Å². The summed E-state index contributed by atoms with van der Waals surface area (Å²) >= 11 is 1.10. The molecule has 3 heterocycles. The number of halogens is 5. The summed E-state index contributed by atoms with van der Waals surface area (Å²) in [6.07, 6.45) is -4.86. The molecule has 2 atom stereocenters. The summed E-state index contributed by atoms with van der Waals surface area (Å²) in [7, 11) is 1.45. The molecule has 2 aromatic carbocycles. The van der Waals surface area contributed by atoms with Crippen molar-refractivity contribution in [1.82, 2.24) is 14.9 Å². The van der Waals surface area contributed by atoms with Gasteiger partial charge < -0.3 is 15.0 Å². The SMILES string of the molecule is COCC1Cn2c(=O)nc(N3CCNCC3C)c3cc(C(F)(F)F)c(-c4ccc(F)cc4F)c(c32)S1. The Hall–Kier alpha value is -2.70. The summed E-state index contributed by atoms with van der Waals surface area (Å²) in [5, 5.41) is 2.97. The lowest BCUT2D eigenvalue weighted by molar-refractivity contribution is -0.137. The van der Waals surface area contributed by atoms with Crippen LogP contribution in [0.15, 0.2) is 34.0 Å². The standard InChI is InChI=1S/C24H23F5N4O2S/c1-12-9-30-5-6-32(12)22-16-8-17(24(27,28)29)19(15-4-3-13(25)7-18(15)26)21-20(16)33(23(34)31-22)10-14(36-21)11-35-2/h3-4,7-8,12,14,30H,5-6,9-11H2,1-2H3. The van der Waals surface area contributed by atoms with E-state index in [4.69, 9.17) is 4.74 Å². The number of aromatic nitrogens is 2. The van der Waals surface area contributed by atoms with E-state index in [-0.39, 0.29) is 46.4 Å². The number of thioether (sulfide) groups is 1. The van der Waals surface area contributed by atoms with Gasteiger partial charge in [-0.2, -0.15) is 18.2 Å². The van der Waals surface area contributed by atoms with Crippen molar-refractivity contribution in [2.75, 3.05) is 38.3 Å². The average molecular weight is 527 g/mol. The van der Waals surface area contributed by atoms with E-state index in [9.17, 15) is 26.7 Å². The molecule has 0 amide bonds. The highest BCUT2D eigenvalue weighted by molar-refractivity contribution is 8.00. The van der Waals surface area contributed by atoms with E-state index in [2.05, 4.69) is 10.3 Å². The molecular weight excluding hydrogens is 503 g/mol. The molecule has 1 saturated heterocycles. The highest BCUT2D eigenvalue weighted by atomic mass is 32.2. The lowest BCUT2D eigenvalue weighted by Gasteiger charge is -2.37. The van der Waals surface area contributed by atoms with Crippen molar-refractivity contribution in [2.45, 2.75) is 35.8 Å². The maximum atomic E-state index is 14.9. The van der Waals surface area contributed by atoms with Crippen LogP contribution in [0.1, 0.15) is 12.5 Å². The molecule has 0 bridgehead atoms. The zero-order valence-electron chi connectivity index (χ0n) is 19.5. The number of hydrogen-bond donors (Lipinski definition) is 1. The number of nitrogens with one attached hydrogen (secondary N) is 1. The van der Waals surface area contributed by atoms with Gasteiger partial charge in [0.25, 0.3) is 0 Å². The van der Waals surface area contributed by atoms with Crippen LogP contribution in [-0.2, 0) is 17.5 Å². The fourth-order valence-corrected chi connectivity index (χ4v) is 6.35. The third-order valence-corrected chi connectivity index (χ3v) is 7.75. The van der Waals surface area contributed by atoms with Gasteiger partial charge in [0.1, 0.15) is 17.5 Å². The van der Waals surface area contributed by atoms with Gasteiger partial charge in [0, 0.05) is 66.8 Å². The van der Waals surface area contributed by atoms with Crippen molar-refractivity contribution in [2.24, 2.45) is 0 Å². The minimum absolute atomic E-state index is 0.0992. The van der Waals surface area contributed by atoms with Crippen molar-refractivity contribution >= 4 is 28.5 Å². The molecule has 3 aromatic rings. The Bertz CT molecular complexity index is 1390. The third kappa shape index (κ3) is 4.24. The molecule has 0 spiro atoms. The van der Waals surface area contributed by atoms with E-state index in [0.717, 1.165) is 30.0 Å². The van der Waals surface area contributed by atoms with E-state index in [1.807, 2.05) is 11.8 Å². The lowest BCUT2D eigenvalue weighted by atomic mass is 9.95. The number of anilines is 1. The molecule has 36 heavy (non-hydrogen) atoms. The number of ether oxygens (including phenoxy) is 1. The first-order valence-corrected chi connectivity index (χ1v) is 12.2. The van der Waals surface area contributed by atoms with Crippen LogP contribution >= 0.6 is 11.8 Å². The van der Waals surface area contributed by atoms with E-state index in [1.165, 1.54) is 11.7 Å². The molecule has 2 unspecified atom stereocenters. The number of nitrogens with zero attached hydrogens (tertiary/aromatic N) is 3. The molecule has 6 nitrogen and oxygen atoms in total. The maximum absolute atomic E-state index is 14.9. The van der Waals surface area contributed by atoms with Gasteiger partial charge in [0.15, 0.2) is 0 Å². The Morgan fingerprint density at radius 3 is 2.69 bits per heavy atom. The lowest BCUT2D eigenvalue weighted by Crippen LogP contribution is -2.51. The van der Waals surface area contributed by atoms with Crippen LogP contribution < -0.4 is 15.9 Å². The first-order chi connectivity index (χ1) is 17.1. The minimum atomic E-state index is -4.86. The Labute approximate surface area is 207 Å². The van der Waals surface area contributed by atoms with Gasteiger partial charge in [-0.05, 0) is 25.1 Å². The molecule has 0 aliphatic carbocycles. The van der Waals surface area contributed by atoms with Crippen molar-refractivity contribution in [3.05, 3.63) is 51.9 Å². The molecule has 2 aliphatic heterocycles. The number of methoxy groups -OCH3 is 1. The third-order valence-electron chi connectivity index (χ3n) is 6.50. The normalized spacial score (nSPS) is 20.2. The van der Waals surface area contributed by atoms with Gasteiger partial charge in [0.2, 0.25) is 0 Å². The van der Waals surface area contributed by atoms with Crippen LogP contribution in [0.3, 0.4) is 0 Å². The van der Waals surface area contributed by atoms with E-state index in [0.29, 0.717) is 25.7 Å². The highest BCUT2D eigenvalue weighted by Gasteiger charge is 2.40. The van der Waals surface area contributed by atoms with Crippen LogP contribution in [-0.4, -0.2) is 54.2 Å². The molecule has 0 radical (unpaired) electrons. The first kappa shape index (κ1) is 25.0. The second kappa shape index (κ2) is 9.31. The molecular formula is C24H23F5N4O2S. The summed E-state index contributed by atoms with van der Waals surface area (Å²) in [5.74, 6) is -1.85. The second-order valence-electron chi connectivity index (χ2n) is 8.92. The van der Waals surface area contributed by atoms with Gasteiger partial charge in [0.05, 0.1) is 22.9 Å². The van der Waals surface area contributed by atoms with Crippen LogP contribution in [0.2, 0.25) is 0 Å². The summed E-state index contributed by atoms with van der Waals surface area (Å²) in [6.45, 7) is 3.83. The van der Waals surface area contributed by atoms with Gasteiger partial charge >= 0.3 is 11.9 Å². The maximum Gasteiger partial charge on any atom is 0.417 e. The zero-order chi connectivity index (χ0) is 25.8. The summed E-state index contributed by atoms with van der Waals surface area (Å²) in [4.78, 5) is 19.4. The largest absolute Gasteiger partial charge is 0.417 e. The second-order valence-corrected chi connectivity index (χ2v) is 10.2. The van der Waals surface area contributed by atoms with Gasteiger partial charge in [-0.3, -0.25) is 4.57 Å². The van der Waals surface area contributed by atoms with E-state index >= 15 is 0 Å². The molecule has 12 heteroatoms. The number of rotatable bonds is 4. The van der Waals surface area contributed by atoms with Crippen molar-refractivity contribution in [3.63, 3.8) is 0 Å². The Balaban J connectivity index is 1.91. The Morgan fingerprint density at radius 2 is 2.03 bits per heavy atom. The van der Waals surface area contributed by atoms with Crippen molar-refractivity contribution in [3.8, 4) is 11.1 Å². The van der Waals surface area contributed by atoms with Gasteiger partial charge in [-0.1, -0.05) is 0 Å². The molecule has 1 N–H and O–H groups in total. The predicted molar refractivity (Wildman–Crippen MR) is 128 cm³/mol. The van der Waals surface area contributed by atoms with Crippen LogP contribution in [0.4, 0.5) is 27.8 Å². The average Bonchev–Trinajstić information content (AvgIpc) is 2.81. The van der Waals surface area contributed by atoms with Crippen LogP contribution in [0.5, 0.6) is 0 Å². The monoisotopic (exact) mass is 526 g/mol. The molecule has 2 aliphatic rings. The summed E-state index contributed by atoms with van der Waals surface area (Å²) in [6, 6.07) is 3.30. The van der Waals surface area contributed by atoms with Gasteiger partial charge in [-0.15, -0.1) is 11.8 Å². The molecule has 5 rings (SSSR count). The number of alkyl halides is 3. The summed E-state index contributed by atoms with van der Waals surface area (Å²) < 4.78 is 78.8. The number of benzene rings is 2. The van der Waals surface area contributed by atoms with Crippen LogP contribution in [0, 0.1) is 11.6 Å². The summed E-state index contributed by atoms with van der Waals surface area (Å²) in [5.41, 5.74) is -2.22. The van der Waals surface area contributed by atoms with E-state index < -0.39 is 39.9 Å². The minimum Gasteiger partial charge on any atom is -0.383 e. The zero-order valence-corrected chi connectivity index (χ0v) is 20.3. The topological polar surface area (TPSA) is 59.4 Å².